The fourth-order valence-corrected chi connectivity index (χ4v) is 8.65. The average Bonchev–Trinajstić information content (AvgIpc) is 3.94. The molecule has 12 aromatic rings. The van der Waals surface area contributed by atoms with Crippen molar-refractivity contribution in [1.29, 1.82) is 0 Å². The number of aromatic nitrogens is 5. The zero-order valence-corrected chi connectivity index (χ0v) is 30.5. The number of furan rings is 1. The van der Waals surface area contributed by atoms with Gasteiger partial charge in [0.15, 0.2) is 17.5 Å². The first kappa shape index (κ1) is 31.5. The molecule has 266 valence electrons. The summed E-state index contributed by atoms with van der Waals surface area (Å²) in [6.07, 6.45) is 0. The van der Waals surface area contributed by atoms with Crippen molar-refractivity contribution in [2.24, 2.45) is 0 Å². The van der Waals surface area contributed by atoms with E-state index >= 15 is 0 Å². The number of rotatable bonds is 5. The van der Waals surface area contributed by atoms with Crippen molar-refractivity contribution in [3.05, 3.63) is 188 Å². The van der Waals surface area contributed by atoms with Crippen LogP contribution >= 0.6 is 0 Å². The second-order valence-corrected chi connectivity index (χ2v) is 14.4. The molecule has 12 rings (SSSR count). The van der Waals surface area contributed by atoms with E-state index in [1.165, 1.54) is 32.6 Å². The summed E-state index contributed by atoms with van der Waals surface area (Å²) in [5.74, 6) is 1.78. The van der Waals surface area contributed by atoms with Gasteiger partial charge in [-0.3, -0.25) is 0 Å². The maximum absolute atomic E-state index is 6.90. The minimum Gasteiger partial charge on any atom is -0.455 e. The van der Waals surface area contributed by atoms with Crippen molar-refractivity contribution >= 4 is 65.6 Å². The van der Waals surface area contributed by atoms with Crippen LogP contribution in [-0.2, 0) is 0 Å². The van der Waals surface area contributed by atoms with Crippen LogP contribution in [0.25, 0.3) is 111 Å². The van der Waals surface area contributed by atoms with Crippen molar-refractivity contribution in [2.45, 2.75) is 0 Å². The van der Waals surface area contributed by atoms with Crippen molar-refractivity contribution in [3.8, 4) is 45.5 Å². The molecular weight excluding hydrogens is 699 g/mol. The number of fused-ring (bicyclic) bond motifs is 10. The van der Waals surface area contributed by atoms with Gasteiger partial charge in [-0.2, -0.15) is 0 Å². The van der Waals surface area contributed by atoms with Gasteiger partial charge in [0, 0.05) is 55.2 Å². The van der Waals surface area contributed by atoms with E-state index < -0.39 is 0 Å². The van der Waals surface area contributed by atoms with Crippen LogP contribution in [0.15, 0.2) is 192 Å². The predicted octanol–water partition coefficient (Wildman–Crippen LogP) is 13.0. The lowest BCUT2D eigenvalue weighted by molar-refractivity contribution is 0.669. The Hall–Kier alpha value is -7.83. The zero-order chi connectivity index (χ0) is 37.5. The van der Waals surface area contributed by atoms with Gasteiger partial charge < -0.3 is 13.6 Å². The predicted molar refractivity (Wildman–Crippen MR) is 232 cm³/mol. The van der Waals surface area contributed by atoms with E-state index in [1.54, 1.807) is 0 Å². The fourth-order valence-electron chi connectivity index (χ4n) is 8.65. The van der Waals surface area contributed by atoms with Gasteiger partial charge in [-0.15, -0.1) is 0 Å². The van der Waals surface area contributed by atoms with Gasteiger partial charge in [0.1, 0.15) is 11.2 Å². The first-order valence-corrected chi connectivity index (χ1v) is 19.1. The molecule has 4 aromatic heterocycles. The molecule has 0 spiro atoms. The highest BCUT2D eigenvalue weighted by Crippen LogP contribution is 2.43. The van der Waals surface area contributed by atoms with Crippen molar-refractivity contribution in [1.82, 2.24) is 24.1 Å². The highest BCUT2D eigenvalue weighted by Gasteiger charge is 2.23. The van der Waals surface area contributed by atoms with E-state index in [0.29, 0.717) is 17.5 Å². The SMILES string of the molecule is c1ccc(-c2nc(-c3ccccc3)nc(-c3cccc4c3oc3cc(-n5c6ccccc6c6ccc7c8ccccc8n(-c8ccccc8)c7c65)ccc34)n2)cc1. The molecule has 0 fully saturated rings. The summed E-state index contributed by atoms with van der Waals surface area (Å²) in [6.45, 7) is 0. The first-order chi connectivity index (χ1) is 28.3. The van der Waals surface area contributed by atoms with Gasteiger partial charge in [-0.05, 0) is 42.5 Å². The van der Waals surface area contributed by atoms with Gasteiger partial charge in [0.25, 0.3) is 0 Å². The van der Waals surface area contributed by atoms with E-state index in [-0.39, 0.29) is 0 Å². The molecule has 8 aromatic carbocycles. The maximum Gasteiger partial charge on any atom is 0.167 e. The fraction of sp³-hybridized carbons (Fsp3) is 0. The molecule has 0 aliphatic carbocycles. The van der Waals surface area contributed by atoms with Crippen LogP contribution in [0.5, 0.6) is 0 Å². The summed E-state index contributed by atoms with van der Waals surface area (Å²) in [4.78, 5) is 15.0. The van der Waals surface area contributed by atoms with Crippen molar-refractivity contribution < 1.29 is 4.42 Å². The van der Waals surface area contributed by atoms with Crippen LogP contribution in [0.4, 0.5) is 0 Å². The minimum absolute atomic E-state index is 0.561. The zero-order valence-electron chi connectivity index (χ0n) is 30.5. The summed E-state index contributed by atoms with van der Waals surface area (Å²) in [6, 6.07) is 65.5. The molecule has 0 saturated heterocycles. The Balaban J connectivity index is 1.11. The molecule has 0 radical (unpaired) electrons. The summed E-state index contributed by atoms with van der Waals surface area (Å²) < 4.78 is 11.7. The maximum atomic E-state index is 6.90. The van der Waals surface area contributed by atoms with Crippen molar-refractivity contribution in [3.63, 3.8) is 0 Å². The lowest BCUT2D eigenvalue weighted by Gasteiger charge is -2.12. The van der Waals surface area contributed by atoms with Crippen LogP contribution in [0.2, 0.25) is 0 Å². The Labute approximate surface area is 326 Å². The van der Waals surface area contributed by atoms with Crippen LogP contribution in [0.3, 0.4) is 0 Å². The van der Waals surface area contributed by atoms with Crippen LogP contribution in [0.1, 0.15) is 0 Å². The molecule has 6 nitrogen and oxygen atoms in total. The second kappa shape index (κ2) is 12.3. The van der Waals surface area contributed by atoms with E-state index in [4.69, 9.17) is 19.4 Å². The molecule has 0 saturated carbocycles. The first-order valence-electron chi connectivity index (χ1n) is 19.1. The number of hydrogen-bond donors (Lipinski definition) is 0. The number of nitrogens with zero attached hydrogens (tertiary/aromatic N) is 5. The summed E-state index contributed by atoms with van der Waals surface area (Å²) >= 11 is 0. The monoisotopic (exact) mass is 729 g/mol. The van der Waals surface area contributed by atoms with E-state index in [1.807, 2.05) is 66.7 Å². The van der Waals surface area contributed by atoms with Gasteiger partial charge in [0.05, 0.1) is 33.3 Å². The smallest absolute Gasteiger partial charge is 0.167 e. The van der Waals surface area contributed by atoms with Gasteiger partial charge in [-0.1, -0.05) is 140 Å². The third-order valence-electron chi connectivity index (χ3n) is 11.2. The van der Waals surface area contributed by atoms with Gasteiger partial charge >= 0.3 is 0 Å². The minimum atomic E-state index is 0.561. The normalized spacial score (nSPS) is 11.9. The lowest BCUT2D eigenvalue weighted by atomic mass is 10.1. The molecule has 0 amide bonds. The van der Waals surface area contributed by atoms with E-state index in [9.17, 15) is 0 Å². The number of benzene rings is 8. The summed E-state index contributed by atoms with van der Waals surface area (Å²) in [7, 11) is 0. The third-order valence-corrected chi connectivity index (χ3v) is 11.2. The molecular formula is C51H31N5O. The topological polar surface area (TPSA) is 61.7 Å². The third kappa shape index (κ3) is 4.81. The van der Waals surface area contributed by atoms with Crippen LogP contribution in [-0.4, -0.2) is 24.1 Å². The molecule has 0 aliphatic rings. The Morgan fingerprint density at radius 2 is 0.842 bits per heavy atom. The Morgan fingerprint density at radius 1 is 0.351 bits per heavy atom. The molecule has 0 unspecified atom stereocenters. The largest absolute Gasteiger partial charge is 0.455 e. The Bertz CT molecular complexity index is 3450. The molecule has 0 bridgehead atoms. The quantitative estimate of drug-likeness (QED) is 0.177. The number of para-hydroxylation sites is 4. The van der Waals surface area contributed by atoms with Crippen molar-refractivity contribution in [2.75, 3.05) is 0 Å². The number of hydrogen-bond acceptors (Lipinski definition) is 4. The average molecular weight is 730 g/mol. The lowest BCUT2D eigenvalue weighted by Crippen LogP contribution is -2.00. The summed E-state index contributed by atoms with van der Waals surface area (Å²) in [5, 5.41) is 6.86. The molecule has 4 heterocycles. The molecule has 6 heteroatoms. The summed E-state index contributed by atoms with van der Waals surface area (Å²) in [5.41, 5.74) is 11.0. The Morgan fingerprint density at radius 3 is 1.46 bits per heavy atom. The highest BCUT2D eigenvalue weighted by molar-refractivity contribution is 6.24. The van der Waals surface area contributed by atoms with Gasteiger partial charge in [0.2, 0.25) is 0 Å². The molecule has 0 aliphatic heterocycles. The Kier molecular flexibility index (Phi) is 6.83. The second-order valence-electron chi connectivity index (χ2n) is 14.4. The highest BCUT2D eigenvalue weighted by atomic mass is 16.3. The molecule has 0 N–H and O–H groups in total. The van der Waals surface area contributed by atoms with Crippen LogP contribution in [0, 0.1) is 0 Å². The standard InChI is InChI=1S/C51H31N5O/c1-4-15-32(16-5-1)49-52-50(33-17-6-2-7-18-33)54-51(53-49)42-24-14-23-41-38-28-27-35(31-45(38)57-48(41)42)56-44-26-13-11-22-37(44)40-30-29-39-36-21-10-12-25-43(36)55(46(39)47(40)56)34-19-8-3-9-20-34/h1-31H. The molecule has 0 atom stereocenters. The van der Waals surface area contributed by atoms with Gasteiger partial charge in [-0.25, -0.2) is 15.0 Å². The van der Waals surface area contributed by atoms with E-state index in [0.717, 1.165) is 61.0 Å². The van der Waals surface area contributed by atoms with Crippen LogP contribution < -0.4 is 0 Å². The van der Waals surface area contributed by atoms with E-state index in [2.05, 4.69) is 130 Å². The molecule has 57 heavy (non-hydrogen) atoms.